The molecule has 0 unspecified atom stereocenters. The molecule has 112 valence electrons. The molecule has 0 spiro atoms. The van der Waals surface area contributed by atoms with Crippen LogP contribution in [0.3, 0.4) is 0 Å². The fourth-order valence-corrected chi connectivity index (χ4v) is 4.61. The molecule has 2 rings (SSSR count). The summed E-state index contributed by atoms with van der Waals surface area (Å²) in [7, 11) is 0. The minimum Gasteiger partial charge on any atom is -0.396 e. The molecule has 20 heavy (non-hydrogen) atoms. The Morgan fingerprint density at radius 2 is 2.10 bits per heavy atom. The van der Waals surface area contributed by atoms with Gasteiger partial charge < -0.3 is 16.2 Å². The van der Waals surface area contributed by atoms with Gasteiger partial charge in [0.1, 0.15) is 5.00 Å². The highest BCUT2D eigenvalue weighted by Gasteiger charge is 2.24. The topological polar surface area (TPSA) is 75.3 Å². The molecule has 1 aliphatic carbocycles. The molecular weight excluding hydrogens is 292 g/mol. The highest BCUT2D eigenvalue weighted by atomic mass is 32.2. The van der Waals surface area contributed by atoms with Crippen LogP contribution in [0.2, 0.25) is 0 Å². The van der Waals surface area contributed by atoms with Gasteiger partial charge >= 0.3 is 0 Å². The Hall–Kier alpha value is -0.720. The predicted octanol–water partition coefficient (Wildman–Crippen LogP) is 3.36. The molecule has 1 saturated carbocycles. The molecule has 1 heterocycles. The largest absolute Gasteiger partial charge is 0.396 e. The van der Waals surface area contributed by atoms with E-state index in [0.29, 0.717) is 23.0 Å². The molecule has 0 aliphatic heterocycles. The van der Waals surface area contributed by atoms with Crippen LogP contribution in [-0.2, 0) is 0 Å². The second kappa shape index (κ2) is 6.83. The van der Waals surface area contributed by atoms with E-state index in [1.165, 1.54) is 11.3 Å². The van der Waals surface area contributed by atoms with Crippen LogP contribution in [-0.4, -0.2) is 29.3 Å². The first-order valence-corrected chi connectivity index (χ1v) is 9.05. The summed E-state index contributed by atoms with van der Waals surface area (Å²) >= 11 is 3.05. The van der Waals surface area contributed by atoms with E-state index in [-0.39, 0.29) is 11.9 Å². The number of nitrogens with two attached hydrogens (primary N) is 1. The number of nitrogens with one attached hydrogen (secondary N) is 1. The maximum Gasteiger partial charge on any atom is 0.174 e. The third kappa shape index (κ3) is 3.30. The molecule has 1 aromatic rings. The van der Waals surface area contributed by atoms with Crippen molar-refractivity contribution >= 4 is 39.6 Å². The Morgan fingerprint density at radius 3 is 2.65 bits per heavy atom. The lowest BCUT2D eigenvalue weighted by molar-refractivity contribution is 0.0992. The van der Waals surface area contributed by atoms with Gasteiger partial charge in [0, 0.05) is 12.5 Å². The molecule has 0 bridgehead atoms. The summed E-state index contributed by atoms with van der Waals surface area (Å²) in [5, 5.41) is 14.1. The van der Waals surface area contributed by atoms with Crippen molar-refractivity contribution in [2.75, 3.05) is 17.3 Å². The van der Waals surface area contributed by atoms with Gasteiger partial charge in [0.05, 0.1) is 21.6 Å². The average molecular weight is 314 g/mol. The van der Waals surface area contributed by atoms with Crippen LogP contribution in [0.15, 0.2) is 4.90 Å². The number of hydrogen-bond acceptors (Lipinski definition) is 6. The summed E-state index contributed by atoms with van der Waals surface area (Å²) in [5.74, 6) is 0.106. The van der Waals surface area contributed by atoms with Crippen LogP contribution >= 0.6 is 23.1 Å². The standard InChI is InChI=1S/C14H22N2O2S2/c1-3-10(18)12-11(15)13(19-2)14(20-12)16-8-4-6-9(17)7-5-8/h8-9,16-17H,3-7,15H2,1-2H3. The maximum atomic E-state index is 11.9. The monoisotopic (exact) mass is 314 g/mol. The van der Waals surface area contributed by atoms with Crippen LogP contribution in [0.25, 0.3) is 0 Å². The van der Waals surface area contributed by atoms with E-state index in [2.05, 4.69) is 5.32 Å². The molecule has 1 aliphatic rings. The van der Waals surface area contributed by atoms with Crippen molar-refractivity contribution in [3.8, 4) is 0 Å². The maximum absolute atomic E-state index is 11.9. The Bertz CT molecular complexity index is 480. The first kappa shape index (κ1) is 15.7. The molecule has 0 radical (unpaired) electrons. The van der Waals surface area contributed by atoms with E-state index >= 15 is 0 Å². The number of ketones is 1. The molecule has 4 N–H and O–H groups in total. The lowest BCUT2D eigenvalue weighted by atomic mass is 9.93. The molecule has 0 amide bonds. The molecule has 0 saturated heterocycles. The fourth-order valence-electron chi connectivity index (χ4n) is 2.50. The lowest BCUT2D eigenvalue weighted by Gasteiger charge is -2.26. The molecule has 4 nitrogen and oxygen atoms in total. The van der Waals surface area contributed by atoms with Gasteiger partial charge in [-0.25, -0.2) is 0 Å². The quantitative estimate of drug-likeness (QED) is 0.574. The Morgan fingerprint density at radius 1 is 1.45 bits per heavy atom. The summed E-state index contributed by atoms with van der Waals surface area (Å²) in [5.41, 5.74) is 6.73. The van der Waals surface area contributed by atoms with Crippen molar-refractivity contribution in [1.29, 1.82) is 0 Å². The normalized spacial score (nSPS) is 22.8. The van der Waals surface area contributed by atoms with E-state index in [0.717, 1.165) is 35.6 Å². The number of aliphatic hydroxyl groups excluding tert-OH is 1. The minimum atomic E-state index is -0.154. The summed E-state index contributed by atoms with van der Waals surface area (Å²) in [4.78, 5) is 13.6. The van der Waals surface area contributed by atoms with Gasteiger partial charge in [-0.05, 0) is 31.9 Å². The van der Waals surface area contributed by atoms with Crippen LogP contribution in [0.4, 0.5) is 10.7 Å². The Labute approximate surface area is 128 Å². The second-order valence-electron chi connectivity index (χ2n) is 5.13. The second-order valence-corrected chi connectivity index (χ2v) is 6.97. The van der Waals surface area contributed by atoms with Crippen molar-refractivity contribution in [2.24, 2.45) is 0 Å². The van der Waals surface area contributed by atoms with Crippen molar-refractivity contribution < 1.29 is 9.90 Å². The molecular formula is C14H22N2O2S2. The minimum absolute atomic E-state index is 0.106. The van der Waals surface area contributed by atoms with Crippen LogP contribution in [0.5, 0.6) is 0 Å². The molecule has 1 aromatic heterocycles. The van der Waals surface area contributed by atoms with Gasteiger partial charge in [0.25, 0.3) is 0 Å². The van der Waals surface area contributed by atoms with E-state index < -0.39 is 0 Å². The summed E-state index contributed by atoms with van der Waals surface area (Å²) in [6, 6.07) is 0.368. The SMILES string of the molecule is CCC(=O)c1sc(NC2CCC(O)CC2)c(SC)c1N. The number of anilines is 2. The molecule has 0 aromatic carbocycles. The Balaban J connectivity index is 2.16. The zero-order valence-electron chi connectivity index (χ0n) is 11.9. The van der Waals surface area contributed by atoms with E-state index in [1.807, 2.05) is 13.2 Å². The summed E-state index contributed by atoms with van der Waals surface area (Å²) in [6.07, 6.45) is 5.91. The summed E-state index contributed by atoms with van der Waals surface area (Å²) < 4.78 is 0. The third-order valence-electron chi connectivity index (χ3n) is 3.71. The number of rotatable bonds is 5. The first-order chi connectivity index (χ1) is 9.56. The zero-order chi connectivity index (χ0) is 14.7. The average Bonchev–Trinajstić information content (AvgIpc) is 2.76. The fraction of sp³-hybridized carbons (Fsp3) is 0.643. The smallest absolute Gasteiger partial charge is 0.174 e. The number of aliphatic hydroxyl groups is 1. The number of thioether (sulfide) groups is 1. The van der Waals surface area contributed by atoms with Gasteiger partial charge in [-0.1, -0.05) is 6.92 Å². The van der Waals surface area contributed by atoms with Crippen molar-refractivity contribution in [2.45, 2.75) is 56.1 Å². The number of Topliss-reactive ketones (excluding diaryl/α,β-unsaturated/α-hetero) is 1. The number of thiophene rings is 1. The van der Waals surface area contributed by atoms with E-state index in [1.54, 1.807) is 11.8 Å². The highest BCUT2D eigenvalue weighted by Crippen LogP contribution is 2.43. The van der Waals surface area contributed by atoms with Gasteiger partial charge in [-0.15, -0.1) is 23.1 Å². The highest BCUT2D eigenvalue weighted by molar-refractivity contribution is 7.99. The van der Waals surface area contributed by atoms with E-state index in [4.69, 9.17) is 5.73 Å². The number of carbonyl (C=O) groups is 1. The first-order valence-electron chi connectivity index (χ1n) is 7.00. The number of nitrogen functional groups attached to an aromatic ring is 1. The third-order valence-corrected chi connectivity index (χ3v) is 5.85. The van der Waals surface area contributed by atoms with Crippen molar-refractivity contribution in [3.63, 3.8) is 0 Å². The van der Waals surface area contributed by atoms with Crippen LogP contribution in [0, 0.1) is 0 Å². The van der Waals surface area contributed by atoms with Crippen LogP contribution < -0.4 is 11.1 Å². The molecule has 0 atom stereocenters. The van der Waals surface area contributed by atoms with Gasteiger partial charge in [0.2, 0.25) is 0 Å². The zero-order valence-corrected chi connectivity index (χ0v) is 13.6. The number of carbonyl (C=O) groups excluding carboxylic acids is 1. The van der Waals surface area contributed by atoms with Gasteiger partial charge in [-0.2, -0.15) is 0 Å². The number of hydrogen-bond donors (Lipinski definition) is 3. The summed E-state index contributed by atoms with van der Waals surface area (Å²) in [6.45, 7) is 1.86. The van der Waals surface area contributed by atoms with Crippen molar-refractivity contribution in [3.05, 3.63) is 4.88 Å². The van der Waals surface area contributed by atoms with Gasteiger partial charge in [0.15, 0.2) is 5.78 Å². The Kier molecular flexibility index (Phi) is 5.35. The van der Waals surface area contributed by atoms with Gasteiger partial charge in [-0.3, -0.25) is 4.79 Å². The predicted molar refractivity (Wildman–Crippen MR) is 87.0 cm³/mol. The van der Waals surface area contributed by atoms with E-state index in [9.17, 15) is 9.90 Å². The molecule has 1 fully saturated rings. The molecule has 6 heteroatoms. The lowest BCUT2D eigenvalue weighted by Crippen LogP contribution is -2.28. The van der Waals surface area contributed by atoms with Crippen molar-refractivity contribution in [1.82, 2.24) is 0 Å². The van der Waals surface area contributed by atoms with Crippen LogP contribution in [0.1, 0.15) is 48.7 Å².